The Hall–Kier alpha value is -2.83. The molecule has 2 heterocycles. The number of benzene rings is 1. The van der Waals surface area contributed by atoms with Crippen LogP contribution in [0.5, 0.6) is 5.75 Å². The molecule has 120 valence electrons. The van der Waals surface area contributed by atoms with Crippen LogP contribution in [0, 0.1) is 0 Å². The van der Waals surface area contributed by atoms with Gasteiger partial charge in [0.15, 0.2) is 0 Å². The SMILES string of the molecule is COc1ccccc1Nc1cc(N2CCN(C=O)CC2)ncn1. The molecule has 7 nitrogen and oxygen atoms in total. The van der Waals surface area contributed by atoms with Gasteiger partial charge in [-0.25, -0.2) is 9.97 Å². The zero-order valence-corrected chi connectivity index (χ0v) is 13.0. The molecule has 0 bridgehead atoms. The summed E-state index contributed by atoms with van der Waals surface area (Å²) < 4.78 is 5.33. The van der Waals surface area contributed by atoms with Gasteiger partial charge in [0.05, 0.1) is 12.8 Å². The molecule has 0 radical (unpaired) electrons. The number of anilines is 3. The summed E-state index contributed by atoms with van der Waals surface area (Å²) in [6, 6.07) is 9.59. The first-order chi connectivity index (χ1) is 11.3. The smallest absolute Gasteiger partial charge is 0.209 e. The molecule has 1 fully saturated rings. The first-order valence-electron chi connectivity index (χ1n) is 7.46. The Bertz CT molecular complexity index is 671. The van der Waals surface area contributed by atoms with Crippen molar-refractivity contribution in [2.75, 3.05) is 43.5 Å². The fourth-order valence-electron chi connectivity index (χ4n) is 2.53. The van der Waals surface area contributed by atoms with Gasteiger partial charge in [0, 0.05) is 32.2 Å². The highest BCUT2D eigenvalue weighted by Crippen LogP contribution is 2.27. The number of carbonyl (C=O) groups is 1. The van der Waals surface area contributed by atoms with Gasteiger partial charge in [0.25, 0.3) is 0 Å². The minimum Gasteiger partial charge on any atom is -0.495 e. The van der Waals surface area contributed by atoms with Gasteiger partial charge in [0.2, 0.25) is 6.41 Å². The number of amides is 1. The Morgan fingerprint density at radius 1 is 1.17 bits per heavy atom. The van der Waals surface area contributed by atoms with Gasteiger partial charge in [0.1, 0.15) is 23.7 Å². The average Bonchev–Trinajstić information content (AvgIpc) is 2.62. The zero-order chi connectivity index (χ0) is 16.1. The van der Waals surface area contributed by atoms with Crippen LogP contribution >= 0.6 is 0 Å². The molecule has 2 aromatic rings. The summed E-state index contributed by atoms with van der Waals surface area (Å²) in [7, 11) is 1.64. The number of carbonyl (C=O) groups excluding carboxylic acids is 1. The zero-order valence-electron chi connectivity index (χ0n) is 13.0. The van der Waals surface area contributed by atoms with E-state index in [-0.39, 0.29) is 0 Å². The van der Waals surface area contributed by atoms with Crippen LogP contribution in [0.2, 0.25) is 0 Å². The summed E-state index contributed by atoms with van der Waals surface area (Å²) in [6.07, 6.45) is 2.44. The largest absolute Gasteiger partial charge is 0.495 e. The fourth-order valence-corrected chi connectivity index (χ4v) is 2.53. The van der Waals surface area contributed by atoms with Crippen LogP contribution in [0.15, 0.2) is 36.7 Å². The van der Waals surface area contributed by atoms with Crippen molar-refractivity contribution in [3.05, 3.63) is 36.7 Å². The van der Waals surface area contributed by atoms with Gasteiger partial charge in [-0.3, -0.25) is 4.79 Å². The number of hydrogen-bond donors (Lipinski definition) is 1. The molecule has 0 atom stereocenters. The molecule has 1 aliphatic rings. The number of aromatic nitrogens is 2. The van der Waals surface area contributed by atoms with Gasteiger partial charge in [-0.2, -0.15) is 0 Å². The summed E-state index contributed by atoms with van der Waals surface area (Å²) in [6.45, 7) is 2.96. The monoisotopic (exact) mass is 313 g/mol. The van der Waals surface area contributed by atoms with Crippen molar-refractivity contribution in [2.24, 2.45) is 0 Å². The molecule has 1 aromatic carbocycles. The van der Waals surface area contributed by atoms with Crippen LogP contribution in [0.25, 0.3) is 0 Å². The molecule has 0 aliphatic carbocycles. The summed E-state index contributed by atoms with van der Waals surface area (Å²) in [5.74, 6) is 2.31. The minimum absolute atomic E-state index is 0.706. The first-order valence-corrected chi connectivity index (χ1v) is 7.46. The van der Waals surface area contributed by atoms with E-state index in [0.29, 0.717) is 18.9 Å². The number of methoxy groups -OCH3 is 1. The van der Waals surface area contributed by atoms with E-state index in [1.165, 1.54) is 0 Å². The van der Waals surface area contributed by atoms with Crippen LogP contribution in [-0.2, 0) is 4.79 Å². The van der Waals surface area contributed by atoms with Crippen LogP contribution in [0.1, 0.15) is 0 Å². The van der Waals surface area contributed by atoms with E-state index in [9.17, 15) is 4.79 Å². The second-order valence-corrected chi connectivity index (χ2v) is 5.22. The van der Waals surface area contributed by atoms with E-state index in [1.54, 1.807) is 18.3 Å². The van der Waals surface area contributed by atoms with Crippen LogP contribution < -0.4 is 15.0 Å². The number of ether oxygens (including phenoxy) is 1. The molecule has 1 saturated heterocycles. The molecule has 3 rings (SSSR count). The van der Waals surface area contributed by atoms with E-state index in [0.717, 1.165) is 36.8 Å². The third-order valence-electron chi connectivity index (χ3n) is 3.81. The molecule has 7 heteroatoms. The number of rotatable bonds is 5. The maximum Gasteiger partial charge on any atom is 0.209 e. The van der Waals surface area contributed by atoms with Crippen molar-refractivity contribution in [1.82, 2.24) is 14.9 Å². The Kier molecular flexibility index (Phi) is 4.56. The Morgan fingerprint density at radius 3 is 2.70 bits per heavy atom. The molecule has 23 heavy (non-hydrogen) atoms. The van der Waals surface area contributed by atoms with Crippen molar-refractivity contribution in [2.45, 2.75) is 0 Å². The molecule has 0 unspecified atom stereocenters. The lowest BCUT2D eigenvalue weighted by Gasteiger charge is -2.33. The van der Waals surface area contributed by atoms with Crippen molar-refractivity contribution in [3.8, 4) is 5.75 Å². The topological polar surface area (TPSA) is 70.6 Å². The van der Waals surface area contributed by atoms with Gasteiger partial charge in [-0.05, 0) is 12.1 Å². The van der Waals surface area contributed by atoms with E-state index < -0.39 is 0 Å². The quantitative estimate of drug-likeness (QED) is 0.844. The molecule has 1 amide bonds. The first kappa shape index (κ1) is 15.1. The van der Waals surface area contributed by atoms with E-state index >= 15 is 0 Å². The van der Waals surface area contributed by atoms with Crippen LogP contribution in [-0.4, -0.2) is 54.6 Å². The molecule has 0 saturated carbocycles. The highest BCUT2D eigenvalue weighted by Gasteiger charge is 2.17. The lowest BCUT2D eigenvalue weighted by atomic mass is 10.3. The molecule has 0 spiro atoms. The average molecular weight is 313 g/mol. The van der Waals surface area contributed by atoms with Crippen LogP contribution in [0.4, 0.5) is 17.3 Å². The number of nitrogens with one attached hydrogen (secondary N) is 1. The van der Waals surface area contributed by atoms with E-state index in [1.807, 2.05) is 30.3 Å². The molecule has 1 N–H and O–H groups in total. The number of para-hydroxylation sites is 2. The summed E-state index contributed by atoms with van der Waals surface area (Å²) in [4.78, 5) is 23.3. The summed E-state index contributed by atoms with van der Waals surface area (Å²) in [5.41, 5.74) is 0.852. The Balaban J connectivity index is 1.74. The van der Waals surface area contributed by atoms with E-state index in [2.05, 4.69) is 20.2 Å². The standard InChI is InChI=1S/C16H19N5O2/c1-23-14-5-3-2-4-13(14)19-15-10-16(18-11-17-15)21-8-6-20(12-22)7-9-21/h2-5,10-12H,6-9H2,1H3,(H,17,18,19). The third-order valence-corrected chi connectivity index (χ3v) is 3.81. The predicted octanol–water partition coefficient (Wildman–Crippen LogP) is 1.51. The van der Waals surface area contributed by atoms with Crippen molar-refractivity contribution in [1.29, 1.82) is 0 Å². The lowest BCUT2D eigenvalue weighted by Crippen LogP contribution is -2.46. The normalized spacial score (nSPS) is 14.5. The molecule has 1 aromatic heterocycles. The van der Waals surface area contributed by atoms with Gasteiger partial charge in [-0.1, -0.05) is 12.1 Å². The molecule has 1 aliphatic heterocycles. The van der Waals surface area contributed by atoms with Crippen molar-refractivity contribution in [3.63, 3.8) is 0 Å². The van der Waals surface area contributed by atoms with E-state index in [4.69, 9.17) is 4.74 Å². The maximum atomic E-state index is 10.8. The third kappa shape index (κ3) is 3.50. The molecular formula is C16H19N5O2. The second-order valence-electron chi connectivity index (χ2n) is 5.22. The van der Waals surface area contributed by atoms with Gasteiger partial charge in [-0.15, -0.1) is 0 Å². The Morgan fingerprint density at radius 2 is 1.96 bits per heavy atom. The number of hydrogen-bond acceptors (Lipinski definition) is 6. The van der Waals surface area contributed by atoms with Crippen molar-refractivity contribution >= 4 is 23.7 Å². The lowest BCUT2D eigenvalue weighted by molar-refractivity contribution is -0.118. The highest BCUT2D eigenvalue weighted by atomic mass is 16.5. The number of piperazine rings is 1. The predicted molar refractivity (Wildman–Crippen MR) is 88.2 cm³/mol. The minimum atomic E-state index is 0.706. The number of nitrogens with zero attached hydrogens (tertiary/aromatic N) is 4. The highest BCUT2D eigenvalue weighted by molar-refractivity contribution is 5.65. The summed E-state index contributed by atoms with van der Waals surface area (Å²) in [5, 5.41) is 3.25. The summed E-state index contributed by atoms with van der Waals surface area (Å²) >= 11 is 0. The fraction of sp³-hybridized carbons (Fsp3) is 0.312. The maximum absolute atomic E-state index is 10.8. The van der Waals surface area contributed by atoms with Gasteiger partial charge >= 0.3 is 0 Å². The molecular weight excluding hydrogens is 294 g/mol. The van der Waals surface area contributed by atoms with Crippen molar-refractivity contribution < 1.29 is 9.53 Å². The second kappa shape index (κ2) is 6.95. The van der Waals surface area contributed by atoms with Crippen LogP contribution in [0.3, 0.4) is 0 Å². The van der Waals surface area contributed by atoms with Gasteiger partial charge < -0.3 is 19.9 Å². The Labute approximate surface area is 134 Å².